The van der Waals surface area contributed by atoms with Gasteiger partial charge in [-0.3, -0.25) is 25.2 Å². The number of nitro groups is 2. The van der Waals surface area contributed by atoms with Gasteiger partial charge in [0.15, 0.2) is 0 Å². The summed E-state index contributed by atoms with van der Waals surface area (Å²) in [5.41, 5.74) is -0.962. The Bertz CT molecular complexity index is 722. The van der Waals surface area contributed by atoms with Crippen molar-refractivity contribution < 1.29 is 20.1 Å². The van der Waals surface area contributed by atoms with E-state index >= 15 is 0 Å². The second kappa shape index (κ2) is 5.87. The van der Waals surface area contributed by atoms with Gasteiger partial charge >= 0.3 is 0 Å². The lowest BCUT2D eigenvalue weighted by Gasteiger charge is -2.10. The molecule has 2 aromatic rings. The van der Waals surface area contributed by atoms with Crippen LogP contribution in [-0.4, -0.2) is 16.1 Å². The van der Waals surface area contributed by atoms with Gasteiger partial charge in [-0.15, -0.1) is 0 Å². The van der Waals surface area contributed by atoms with Gasteiger partial charge in [0.25, 0.3) is 11.4 Å². The highest BCUT2D eigenvalue weighted by Gasteiger charge is 2.07. The molecule has 0 radical (unpaired) electrons. The Morgan fingerprint density at radius 3 is 2.00 bits per heavy atom. The number of hydrogen-bond donors (Lipinski definition) is 0. The lowest BCUT2D eigenvalue weighted by Crippen LogP contribution is -1.98. The molecule has 0 spiro atoms. The maximum absolute atomic E-state index is 11.6. The topological polar surface area (TPSA) is 145 Å². The molecule has 0 fully saturated rings. The number of hydrogen-bond acceptors (Lipinski definition) is 7. The van der Waals surface area contributed by atoms with Crippen LogP contribution in [0.15, 0.2) is 41.4 Å². The van der Waals surface area contributed by atoms with Crippen molar-refractivity contribution in [2.45, 2.75) is 0 Å². The van der Waals surface area contributed by atoms with Gasteiger partial charge in [0, 0.05) is 30.5 Å². The second-order valence-corrected chi connectivity index (χ2v) is 4.15. The third kappa shape index (κ3) is 3.15. The van der Waals surface area contributed by atoms with E-state index in [4.69, 9.17) is 0 Å². The van der Waals surface area contributed by atoms with Crippen LogP contribution in [0.25, 0.3) is 0 Å². The predicted octanol–water partition coefficient (Wildman–Crippen LogP) is 1.40. The van der Waals surface area contributed by atoms with Crippen LogP contribution in [-0.2, 0) is 0 Å². The predicted molar refractivity (Wildman–Crippen MR) is 72.3 cm³/mol. The summed E-state index contributed by atoms with van der Waals surface area (Å²) in [6.45, 7) is 0. The molecule has 0 atom stereocenters. The lowest BCUT2D eigenvalue weighted by molar-refractivity contribution is -0.385. The zero-order valence-electron chi connectivity index (χ0n) is 10.8. The van der Waals surface area contributed by atoms with Crippen molar-refractivity contribution in [3.05, 3.63) is 62.2 Å². The molecule has 0 aliphatic carbocycles. The molecule has 0 aliphatic heterocycles. The van der Waals surface area contributed by atoms with Crippen molar-refractivity contribution >= 4 is 23.3 Å². The van der Waals surface area contributed by atoms with E-state index in [1.54, 1.807) is 0 Å². The number of aliphatic imine (C=N–C) groups is 1. The van der Waals surface area contributed by atoms with E-state index in [0.29, 0.717) is 0 Å². The quantitative estimate of drug-likeness (QED) is 0.474. The smallest absolute Gasteiger partial charge is 0.271 e. The van der Waals surface area contributed by atoms with E-state index in [2.05, 4.69) is 4.99 Å². The number of benzene rings is 2. The fraction of sp³-hybridized carbons (Fsp3) is 0. The standard InChI is InChI=1S/C13H9N3O6/c17-12-3-1-9(15(19)20)5-8(12)7-14-11-6-10(16(21)22)2-4-13(11)18/h1-7,17-18H/p-2. The zero-order valence-corrected chi connectivity index (χ0v) is 10.8. The molecule has 0 unspecified atom stereocenters. The number of nitrogens with zero attached hydrogens (tertiary/aromatic N) is 3. The summed E-state index contributed by atoms with van der Waals surface area (Å²) in [5, 5.41) is 44.4. The molecule has 22 heavy (non-hydrogen) atoms. The van der Waals surface area contributed by atoms with E-state index in [1.807, 2.05) is 0 Å². The molecule has 0 N–H and O–H groups in total. The van der Waals surface area contributed by atoms with E-state index in [1.165, 1.54) is 0 Å². The second-order valence-electron chi connectivity index (χ2n) is 4.15. The van der Waals surface area contributed by atoms with Crippen molar-refractivity contribution in [2.24, 2.45) is 4.99 Å². The average molecular weight is 301 g/mol. The van der Waals surface area contributed by atoms with Crippen molar-refractivity contribution in [2.75, 3.05) is 0 Å². The first-order valence-electron chi connectivity index (χ1n) is 5.83. The van der Waals surface area contributed by atoms with Crippen LogP contribution in [0.5, 0.6) is 11.5 Å². The third-order valence-corrected chi connectivity index (χ3v) is 2.70. The fourth-order valence-corrected chi connectivity index (χ4v) is 1.61. The van der Waals surface area contributed by atoms with Crippen LogP contribution in [0, 0.1) is 20.2 Å². The summed E-state index contributed by atoms with van der Waals surface area (Å²) in [5.74, 6) is -1.09. The Balaban J connectivity index is 2.40. The zero-order chi connectivity index (χ0) is 16.3. The Morgan fingerprint density at radius 2 is 1.41 bits per heavy atom. The maximum Gasteiger partial charge on any atom is 0.271 e. The highest BCUT2D eigenvalue weighted by molar-refractivity contribution is 5.86. The molecule has 0 heterocycles. The minimum atomic E-state index is -0.690. The molecule has 9 heteroatoms. The van der Waals surface area contributed by atoms with Crippen LogP contribution >= 0.6 is 0 Å². The Hall–Kier alpha value is -3.49. The van der Waals surface area contributed by atoms with Gasteiger partial charge in [-0.2, -0.15) is 0 Å². The minimum absolute atomic E-state index is 0.0971. The number of nitro benzene ring substituents is 2. The van der Waals surface area contributed by atoms with Gasteiger partial charge in [-0.25, -0.2) is 0 Å². The number of non-ortho nitro benzene ring substituents is 2. The Kier molecular flexibility index (Phi) is 3.98. The summed E-state index contributed by atoms with van der Waals surface area (Å²) in [7, 11) is 0. The molecule has 2 aromatic carbocycles. The van der Waals surface area contributed by atoms with Gasteiger partial charge in [0.2, 0.25) is 0 Å². The molecule has 0 aliphatic rings. The van der Waals surface area contributed by atoms with Gasteiger partial charge in [0.05, 0.1) is 15.5 Å². The Labute approximate surface area is 123 Å². The largest absolute Gasteiger partial charge is 0.872 e. The highest BCUT2D eigenvalue weighted by atomic mass is 16.6. The maximum atomic E-state index is 11.6. The summed E-state index contributed by atoms with van der Waals surface area (Å²) in [4.78, 5) is 23.6. The van der Waals surface area contributed by atoms with Crippen molar-refractivity contribution in [1.29, 1.82) is 0 Å². The molecular formula is C13H7N3O6-2. The van der Waals surface area contributed by atoms with Crippen LogP contribution in [0.4, 0.5) is 17.1 Å². The van der Waals surface area contributed by atoms with E-state index < -0.39 is 21.3 Å². The van der Waals surface area contributed by atoms with Crippen LogP contribution in [0.3, 0.4) is 0 Å². The van der Waals surface area contributed by atoms with Gasteiger partial charge in [0.1, 0.15) is 0 Å². The molecule has 0 amide bonds. The fourth-order valence-electron chi connectivity index (χ4n) is 1.61. The molecule has 2 rings (SSSR count). The van der Waals surface area contributed by atoms with Crippen molar-refractivity contribution in [1.82, 2.24) is 0 Å². The van der Waals surface area contributed by atoms with Gasteiger partial charge in [-0.05, 0) is 5.56 Å². The number of rotatable bonds is 4. The van der Waals surface area contributed by atoms with Crippen molar-refractivity contribution in [3.63, 3.8) is 0 Å². The molecule has 0 bridgehead atoms. The van der Waals surface area contributed by atoms with Gasteiger partial charge in [-0.1, -0.05) is 23.6 Å². The molecular weight excluding hydrogens is 294 g/mol. The van der Waals surface area contributed by atoms with E-state index in [-0.39, 0.29) is 22.6 Å². The van der Waals surface area contributed by atoms with Crippen LogP contribution in [0.2, 0.25) is 0 Å². The first-order valence-corrected chi connectivity index (χ1v) is 5.83. The average Bonchev–Trinajstić information content (AvgIpc) is 2.47. The Morgan fingerprint density at radius 1 is 0.864 bits per heavy atom. The summed E-state index contributed by atoms with van der Waals surface area (Å²) in [6.07, 6.45) is 0.968. The molecule has 9 nitrogen and oxygen atoms in total. The minimum Gasteiger partial charge on any atom is -0.872 e. The molecule has 112 valence electrons. The molecule has 0 saturated carbocycles. The van der Waals surface area contributed by atoms with Crippen molar-refractivity contribution in [3.8, 4) is 11.5 Å². The van der Waals surface area contributed by atoms with Gasteiger partial charge < -0.3 is 10.2 Å². The molecule has 0 aromatic heterocycles. The first kappa shape index (κ1) is 14.9. The highest BCUT2D eigenvalue weighted by Crippen LogP contribution is 2.29. The van der Waals surface area contributed by atoms with E-state index in [9.17, 15) is 30.4 Å². The monoisotopic (exact) mass is 301 g/mol. The summed E-state index contributed by atoms with van der Waals surface area (Å²) < 4.78 is 0. The van der Waals surface area contributed by atoms with E-state index in [0.717, 1.165) is 42.6 Å². The lowest BCUT2D eigenvalue weighted by atomic mass is 10.2. The van der Waals surface area contributed by atoms with Crippen LogP contribution in [0.1, 0.15) is 5.56 Å². The third-order valence-electron chi connectivity index (χ3n) is 2.70. The summed E-state index contributed by atoms with van der Waals surface area (Å²) in [6, 6.07) is 6.04. The summed E-state index contributed by atoms with van der Waals surface area (Å²) >= 11 is 0. The van der Waals surface area contributed by atoms with Crippen LogP contribution < -0.4 is 10.2 Å². The molecule has 0 saturated heterocycles. The first-order chi connectivity index (χ1) is 10.4. The normalized spacial score (nSPS) is 10.7. The SMILES string of the molecule is O=[N+]([O-])c1ccc([O-])c(C=Nc2cc([N+](=O)[O-])ccc2[O-])c1.